The molecule has 0 aromatic heterocycles. The van der Waals surface area contributed by atoms with Crippen molar-refractivity contribution in [3.05, 3.63) is 29.3 Å². The molecule has 1 aromatic rings. The molecule has 0 unspecified atom stereocenters. The van der Waals surface area contributed by atoms with Gasteiger partial charge in [-0.25, -0.2) is 0 Å². The quantitative estimate of drug-likeness (QED) is 0.527. The van der Waals surface area contributed by atoms with Crippen LogP contribution >= 0.6 is 11.6 Å². The summed E-state index contributed by atoms with van der Waals surface area (Å²) in [7, 11) is 0. The van der Waals surface area contributed by atoms with E-state index < -0.39 is 29.5 Å². The van der Waals surface area contributed by atoms with E-state index in [9.17, 15) is 27.6 Å². The van der Waals surface area contributed by atoms with Crippen molar-refractivity contribution in [2.75, 3.05) is 13.2 Å². The highest BCUT2D eigenvalue weighted by atomic mass is 35.5. The number of ether oxygens (including phenoxy) is 2. The van der Waals surface area contributed by atoms with Gasteiger partial charge in [-0.1, -0.05) is 11.6 Å². The minimum absolute atomic E-state index is 0.00561. The topological polar surface area (TPSA) is 84.9 Å². The highest BCUT2D eigenvalue weighted by molar-refractivity contribution is 6.30. The number of alkyl halides is 3. The van der Waals surface area contributed by atoms with Crippen molar-refractivity contribution >= 4 is 29.7 Å². The van der Waals surface area contributed by atoms with Crippen LogP contribution in [0.25, 0.3) is 0 Å². The van der Waals surface area contributed by atoms with Crippen LogP contribution < -0.4 is 10.1 Å². The number of Topliss-reactive ketones (excluding diaryl/α,β-unsaturated/α-hetero) is 1. The van der Waals surface area contributed by atoms with E-state index in [-0.39, 0.29) is 37.7 Å². The van der Waals surface area contributed by atoms with Crippen LogP contribution in [0.5, 0.6) is 5.75 Å². The zero-order valence-electron chi connectivity index (χ0n) is 17.0. The Morgan fingerprint density at radius 1 is 1.19 bits per heavy atom. The van der Waals surface area contributed by atoms with Crippen molar-refractivity contribution in [2.45, 2.75) is 55.6 Å². The molecule has 2 bridgehead atoms. The van der Waals surface area contributed by atoms with Crippen molar-refractivity contribution in [3.8, 4) is 5.75 Å². The smallest absolute Gasteiger partial charge is 0.484 e. The van der Waals surface area contributed by atoms with E-state index in [1.165, 1.54) is 4.90 Å². The maximum atomic E-state index is 12.4. The largest absolute Gasteiger partial charge is 0.522 e. The van der Waals surface area contributed by atoms with E-state index in [1.54, 1.807) is 24.3 Å². The Hall–Kier alpha value is -2.33. The molecule has 4 aliphatic carbocycles. The minimum atomic E-state index is -4.71. The first-order chi connectivity index (χ1) is 15.0. The van der Waals surface area contributed by atoms with Crippen molar-refractivity contribution in [1.29, 1.82) is 0 Å². The number of halogens is 4. The molecule has 4 saturated carbocycles. The molecule has 1 aromatic carbocycles. The number of carbonyl (C=O) groups is 3. The van der Waals surface area contributed by atoms with Gasteiger partial charge in [0.05, 0.1) is 12.6 Å². The van der Waals surface area contributed by atoms with E-state index in [0.717, 1.165) is 0 Å². The van der Waals surface area contributed by atoms with Gasteiger partial charge in [0.25, 0.3) is 5.91 Å². The second kappa shape index (κ2) is 8.22. The Labute approximate surface area is 187 Å². The van der Waals surface area contributed by atoms with Crippen LogP contribution in [0, 0.1) is 5.92 Å². The number of amides is 2. The molecule has 0 aliphatic heterocycles. The Kier molecular flexibility index (Phi) is 5.87. The number of ketones is 1. The van der Waals surface area contributed by atoms with Gasteiger partial charge in [0, 0.05) is 22.0 Å². The predicted octanol–water partition coefficient (Wildman–Crippen LogP) is 2.85. The normalized spacial score (nSPS) is 30.2. The highest BCUT2D eigenvalue weighted by Crippen LogP contribution is 2.63. The SMILES string of the molecule is O=CN(CC(=O)C1CC(OC(F)(F)F)C1)C12CC(NC(=O)COc3ccc(Cl)cc3)(C1)C2. The third-order valence-electron chi connectivity index (χ3n) is 6.50. The number of hydrogen-bond acceptors (Lipinski definition) is 5. The molecular weight excluding hydrogens is 453 g/mol. The predicted molar refractivity (Wildman–Crippen MR) is 106 cm³/mol. The molecule has 11 heteroatoms. The fraction of sp³-hybridized carbons (Fsp3) is 0.571. The van der Waals surface area contributed by atoms with Gasteiger partial charge in [0.2, 0.25) is 6.41 Å². The summed E-state index contributed by atoms with van der Waals surface area (Å²) in [6.07, 6.45) is -3.50. The maximum Gasteiger partial charge on any atom is 0.522 e. The van der Waals surface area contributed by atoms with Gasteiger partial charge >= 0.3 is 6.36 Å². The molecule has 4 fully saturated rings. The zero-order valence-corrected chi connectivity index (χ0v) is 17.7. The van der Waals surface area contributed by atoms with Gasteiger partial charge < -0.3 is 15.0 Å². The third-order valence-corrected chi connectivity index (χ3v) is 6.76. The molecular formula is C21H22ClF3N2O5. The van der Waals surface area contributed by atoms with Crippen LogP contribution in [-0.4, -0.2) is 59.7 Å². The molecule has 174 valence electrons. The number of hydrogen-bond donors (Lipinski definition) is 1. The fourth-order valence-electron chi connectivity index (χ4n) is 4.91. The van der Waals surface area contributed by atoms with E-state index in [0.29, 0.717) is 36.4 Å². The zero-order chi connectivity index (χ0) is 23.1. The van der Waals surface area contributed by atoms with Crippen LogP contribution in [0.1, 0.15) is 32.1 Å². The summed E-state index contributed by atoms with van der Waals surface area (Å²) in [4.78, 5) is 37.6. The van der Waals surface area contributed by atoms with E-state index >= 15 is 0 Å². The Bertz CT molecular complexity index is 882. The summed E-state index contributed by atoms with van der Waals surface area (Å²) in [5.74, 6) is -0.565. The molecule has 5 rings (SSSR count). The van der Waals surface area contributed by atoms with E-state index in [2.05, 4.69) is 10.1 Å². The lowest BCUT2D eigenvalue weighted by atomic mass is 9.43. The first-order valence-corrected chi connectivity index (χ1v) is 10.6. The summed E-state index contributed by atoms with van der Waals surface area (Å²) in [6, 6.07) is 6.62. The van der Waals surface area contributed by atoms with Gasteiger partial charge in [-0.2, -0.15) is 0 Å². The van der Waals surface area contributed by atoms with Crippen molar-refractivity contribution in [3.63, 3.8) is 0 Å². The van der Waals surface area contributed by atoms with Crippen molar-refractivity contribution in [1.82, 2.24) is 10.2 Å². The first kappa shape index (κ1) is 22.8. The van der Waals surface area contributed by atoms with Crippen LogP contribution in [0.15, 0.2) is 24.3 Å². The van der Waals surface area contributed by atoms with Gasteiger partial charge in [0.1, 0.15) is 5.75 Å². The standard InChI is InChI=1S/C21H22ClF3N2O5/c22-14-1-3-15(4-2-14)31-8-18(30)26-19-9-20(10-19,11-19)27(12-28)7-17(29)13-5-16(6-13)32-21(23,24)25/h1-4,12-13,16H,5-11H2,(H,26,30). The first-order valence-electron chi connectivity index (χ1n) is 10.2. The number of rotatable bonds is 10. The number of carbonyl (C=O) groups excluding carboxylic acids is 3. The molecule has 7 nitrogen and oxygen atoms in total. The second-order valence-electron chi connectivity index (χ2n) is 8.88. The van der Waals surface area contributed by atoms with Crippen LogP contribution in [0.4, 0.5) is 13.2 Å². The fourth-order valence-corrected chi connectivity index (χ4v) is 5.04. The van der Waals surface area contributed by atoms with Crippen LogP contribution in [-0.2, 0) is 19.1 Å². The third kappa shape index (κ3) is 4.71. The van der Waals surface area contributed by atoms with E-state index in [4.69, 9.17) is 16.3 Å². The average Bonchev–Trinajstić information content (AvgIpc) is 2.63. The second-order valence-corrected chi connectivity index (χ2v) is 9.32. The van der Waals surface area contributed by atoms with Gasteiger partial charge in [0.15, 0.2) is 12.4 Å². The molecule has 0 spiro atoms. The lowest BCUT2D eigenvalue weighted by molar-refractivity contribution is -0.353. The average molecular weight is 475 g/mol. The van der Waals surface area contributed by atoms with Crippen molar-refractivity contribution < 1.29 is 37.0 Å². The molecule has 0 atom stereocenters. The minimum Gasteiger partial charge on any atom is -0.484 e. The molecule has 32 heavy (non-hydrogen) atoms. The molecule has 0 radical (unpaired) electrons. The molecule has 2 amide bonds. The summed E-state index contributed by atoms with van der Waals surface area (Å²) in [5, 5.41) is 3.49. The summed E-state index contributed by atoms with van der Waals surface area (Å²) in [6.45, 7) is -0.300. The number of benzene rings is 1. The Balaban J connectivity index is 1.19. The number of nitrogens with zero attached hydrogens (tertiary/aromatic N) is 1. The highest BCUT2D eigenvalue weighted by Gasteiger charge is 2.71. The van der Waals surface area contributed by atoms with E-state index in [1.807, 2.05) is 0 Å². The molecule has 4 aliphatic rings. The lowest BCUT2D eigenvalue weighted by Gasteiger charge is -2.72. The van der Waals surface area contributed by atoms with Gasteiger partial charge in [-0.05, 0) is 56.4 Å². The monoisotopic (exact) mass is 474 g/mol. The van der Waals surface area contributed by atoms with Gasteiger partial charge in [-0.3, -0.25) is 19.1 Å². The summed E-state index contributed by atoms with van der Waals surface area (Å²) >= 11 is 5.80. The van der Waals surface area contributed by atoms with Crippen LogP contribution in [0.2, 0.25) is 5.02 Å². The molecule has 0 saturated heterocycles. The van der Waals surface area contributed by atoms with Gasteiger partial charge in [-0.15, -0.1) is 13.2 Å². The van der Waals surface area contributed by atoms with Crippen molar-refractivity contribution in [2.24, 2.45) is 5.92 Å². The Morgan fingerprint density at radius 3 is 2.38 bits per heavy atom. The summed E-state index contributed by atoms with van der Waals surface area (Å²) < 4.78 is 45.9. The number of nitrogens with one attached hydrogen (secondary N) is 1. The Morgan fingerprint density at radius 2 is 1.81 bits per heavy atom. The summed E-state index contributed by atoms with van der Waals surface area (Å²) in [5.41, 5.74) is -0.889. The lowest BCUT2D eigenvalue weighted by Crippen LogP contribution is -2.84. The van der Waals surface area contributed by atoms with Crippen LogP contribution in [0.3, 0.4) is 0 Å². The molecule has 1 N–H and O–H groups in total. The molecule has 0 heterocycles. The maximum absolute atomic E-state index is 12.4.